The van der Waals surface area contributed by atoms with Crippen LogP contribution in [0.4, 0.5) is 5.69 Å². The van der Waals surface area contributed by atoms with Gasteiger partial charge in [-0.2, -0.15) is 0 Å². The third-order valence-corrected chi connectivity index (χ3v) is 4.30. The first-order valence-electron chi connectivity index (χ1n) is 10.2. The molecule has 0 aromatic heterocycles. The molecule has 0 bridgehead atoms. The van der Waals surface area contributed by atoms with Crippen molar-refractivity contribution in [2.24, 2.45) is 11.8 Å². The molecular weight excluding hydrogens is 421 g/mol. The summed E-state index contributed by atoms with van der Waals surface area (Å²) >= 11 is 2.23. The van der Waals surface area contributed by atoms with Crippen molar-refractivity contribution in [2.45, 2.75) is 67.2 Å². The van der Waals surface area contributed by atoms with Crippen LogP contribution in [0.15, 0.2) is 24.3 Å². The van der Waals surface area contributed by atoms with Gasteiger partial charge in [-0.3, -0.25) is 9.59 Å². The first-order chi connectivity index (χ1) is 14.1. The molecule has 0 radical (unpaired) electrons. The normalized spacial score (nSPS) is 12.3. The Hall–Kier alpha value is -1.96. The predicted molar refractivity (Wildman–Crippen MR) is 116 cm³/mol. The van der Waals surface area contributed by atoms with Gasteiger partial charge in [0, 0.05) is 5.92 Å². The molecule has 0 spiro atoms. The number of anilines is 1. The van der Waals surface area contributed by atoms with Gasteiger partial charge in [-0.25, -0.2) is 0 Å². The van der Waals surface area contributed by atoms with Crippen LogP contribution >= 0.6 is 0 Å². The SMILES string of the molecule is CC.CC(C)C(=O)NC(C(=O)NC(C)C(=O)Nc1ccc(CO[CH]=[V])cc1)C(C)C. The van der Waals surface area contributed by atoms with Gasteiger partial charge in [0.05, 0.1) is 0 Å². The van der Waals surface area contributed by atoms with E-state index < -0.39 is 12.1 Å². The van der Waals surface area contributed by atoms with Crippen LogP contribution in [0.5, 0.6) is 0 Å². The fourth-order valence-electron chi connectivity index (χ4n) is 2.29. The Morgan fingerprint density at radius 2 is 1.50 bits per heavy atom. The van der Waals surface area contributed by atoms with E-state index in [9.17, 15) is 14.4 Å². The van der Waals surface area contributed by atoms with E-state index >= 15 is 0 Å². The van der Waals surface area contributed by atoms with Gasteiger partial charge in [-0.05, 0) is 5.92 Å². The van der Waals surface area contributed by atoms with Crippen LogP contribution in [0, 0.1) is 11.8 Å². The molecule has 0 heterocycles. The summed E-state index contributed by atoms with van der Waals surface area (Å²) in [5.74, 6) is -1.25. The molecule has 0 saturated heterocycles. The van der Waals surface area contributed by atoms with Crippen LogP contribution in [-0.4, -0.2) is 34.7 Å². The molecule has 1 rings (SSSR count). The number of ether oxygens (including phenoxy) is 1. The van der Waals surface area contributed by atoms with Crippen molar-refractivity contribution in [1.82, 2.24) is 10.6 Å². The Balaban J connectivity index is 0.00000407. The fourth-order valence-corrected chi connectivity index (χ4v) is 2.41. The predicted octanol–water partition coefficient (Wildman–Crippen LogP) is 2.78. The number of hydrogen-bond acceptors (Lipinski definition) is 4. The maximum Gasteiger partial charge on any atom is -0.0176 e. The van der Waals surface area contributed by atoms with Gasteiger partial charge in [0.15, 0.2) is 0 Å². The van der Waals surface area contributed by atoms with E-state index in [2.05, 4.69) is 32.9 Å². The molecule has 0 aliphatic heterocycles. The van der Waals surface area contributed by atoms with E-state index in [0.717, 1.165) is 5.56 Å². The van der Waals surface area contributed by atoms with Crippen molar-refractivity contribution in [3.05, 3.63) is 29.8 Å². The second-order valence-corrected chi connectivity index (χ2v) is 7.55. The summed E-state index contributed by atoms with van der Waals surface area (Å²) in [6.07, 6.45) is 0. The third kappa shape index (κ3) is 10.2. The summed E-state index contributed by atoms with van der Waals surface area (Å²) in [5, 5.41) is 8.17. The minimum Gasteiger partial charge on any atom is -0.0603 e. The summed E-state index contributed by atoms with van der Waals surface area (Å²) in [7, 11) is 0. The Kier molecular flexibility index (Phi) is 14.0. The van der Waals surface area contributed by atoms with Crippen LogP contribution in [0.25, 0.3) is 0 Å². The van der Waals surface area contributed by atoms with E-state index in [1.54, 1.807) is 37.8 Å². The quantitative estimate of drug-likeness (QED) is 0.505. The Morgan fingerprint density at radius 3 is 1.97 bits per heavy atom. The third-order valence-electron chi connectivity index (χ3n) is 4.07. The second kappa shape index (κ2) is 14.9. The zero-order chi connectivity index (χ0) is 23.3. The molecule has 0 aliphatic carbocycles. The molecule has 3 amide bonds. The molecule has 1 aromatic rings. The average molecular weight is 456 g/mol. The van der Waals surface area contributed by atoms with E-state index in [1.165, 1.54) is 0 Å². The molecule has 167 valence electrons. The summed E-state index contributed by atoms with van der Waals surface area (Å²) in [6, 6.07) is 5.81. The maximum absolute atomic E-state index is 12.5. The molecule has 2 unspecified atom stereocenters. The smallest absolute Gasteiger partial charge is 0.0176 e. The summed E-state index contributed by atoms with van der Waals surface area (Å²) < 4.78 is 5.19. The minimum absolute atomic E-state index is 0.105. The van der Waals surface area contributed by atoms with Crippen LogP contribution in [0.3, 0.4) is 0 Å². The molecule has 0 aliphatic rings. The monoisotopic (exact) mass is 456 g/mol. The van der Waals surface area contributed by atoms with Gasteiger partial charge in [0.2, 0.25) is 5.91 Å². The standard InChI is InChI=1S/C20H29N3O4.C2H6.V/c1-12(2)17(23-18(24)13(3)4)20(26)21-14(5)19(25)22-16-9-7-15(8-10-16)11-27-6;1-2;/h6-10,12-14,17H,11H2,1-5H3,(H,21,26)(H,22,25)(H,23,24);1-2H3;. The molecule has 0 saturated carbocycles. The molecule has 2 atom stereocenters. The van der Waals surface area contributed by atoms with E-state index in [1.807, 2.05) is 39.8 Å². The Morgan fingerprint density at radius 1 is 0.933 bits per heavy atom. The van der Waals surface area contributed by atoms with Crippen molar-refractivity contribution >= 4 is 28.3 Å². The summed E-state index contributed by atoms with van der Waals surface area (Å²) in [4.78, 5) is 38.4. The van der Waals surface area contributed by atoms with Gasteiger partial charge in [0.25, 0.3) is 0 Å². The average Bonchev–Trinajstić information content (AvgIpc) is 2.72. The van der Waals surface area contributed by atoms with E-state index in [4.69, 9.17) is 4.74 Å². The molecule has 1 aromatic carbocycles. The van der Waals surface area contributed by atoms with Crippen molar-refractivity contribution in [2.75, 3.05) is 5.32 Å². The number of nitrogens with one attached hydrogen (secondary N) is 3. The number of carbonyl (C=O) groups excluding carboxylic acids is 3. The van der Waals surface area contributed by atoms with Gasteiger partial charge >= 0.3 is 109 Å². The van der Waals surface area contributed by atoms with Gasteiger partial charge < -0.3 is 5.32 Å². The zero-order valence-electron chi connectivity index (χ0n) is 19.0. The molecule has 0 fully saturated rings. The van der Waals surface area contributed by atoms with E-state index in [-0.39, 0.29) is 29.6 Å². The molecule has 30 heavy (non-hydrogen) atoms. The van der Waals surface area contributed by atoms with Crippen molar-refractivity contribution in [3.63, 3.8) is 0 Å². The van der Waals surface area contributed by atoms with Crippen LogP contribution in [-0.2, 0) is 42.7 Å². The fraction of sp³-hybridized carbons (Fsp3) is 0.545. The van der Waals surface area contributed by atoms with Gasteiger partial charge in [-0.1, -0.05) is 41.5 Å². The Labute approximate surface area is 189 Å². The zero-order valence-corrected chi connectivity index (χ0v) is 20.4. The van der Waals surface area contributed by atoms with Crippen LogP contribution in [0.1, 0.15) is 54.0 Å². The van der Waals surface area contributed by atoms with Crippen molar-refractivity contribution < 1.29 is 36.1 Å². The van der Waals surface area contributed by atoms with Crippen LogP contribution < -0.4 is 16.0 Å². The van der Waals surface area contributed by atoms with Crippen LogP contribution in [0.2, 0.25) is 0 Å². The summed E-state index contributed by atoms with van der Waals surface area (Å²) in [5.41, 5.74) is 1.60. The first-order valence-corrected chi connectivity index (χ1v) is 11.0. The Bertz CT molecular complexity index is 690. The molecule has 3 N–H and O–H groups in total. The minimum atomic E-state index is -0.750. The number of hydrogen-bond donors (Lipinski definition) is 3. The number of amides is 3. The first kappa shape index (κ1) is 28.0. The topological polar surface area (TPSA) is 96.5 Å². The molecular formula is C22H35N3O4V. The van der Waals surface area contributed by atoms with Gasteiger partial charge in [-0.15, -0.1) is 0 Å². The number of carbonyl (C=O) groups is 3. The van der Waals surface area contributed by atoms with Crippen molar-refractivity contribution in [1.29, 1.82) is 0 Å². The summed E-state index contributed by atoms with van der Waals surface area (Å²) in [6.45, 7) is 13.3. The van der Waals surface area contributed by atoms with Crippen molar-refractivity contribution in [3.8, 4) is 0 Å². The second-order valence-electron chi connectivity index (χ2n) is 7.22. The molecule has 8 heteroatoms. The number of benzene rings is 1. The van der Waals surface area contributed by atoms with Gasteiger partial charge in [0.1, 0.15) is 6.04 Å². The largest absolute Gasteiger partial charge is 0.0603 e. The molecule has 7 nitrogen and oxygen atoms in total. The number of rotatable bonds is 10. The van der Waals surface area contributed by atoms with E-state index in [0.29, 0.717) is 12.3 Å². The maximum atomic E-state index is 12.5.